The summed E-state index contributed by atoms with van der Waals surface area (Å²) in [5.41, 5.74) is 1.94. The lowest BCUT2D eigenvalue weighted by atomic mass is 10.1. The Hall–Kier alpha value is -1.46. The van der Waals surface area contributed by atoms with Gasteiger partial charge >= 0.3 is 0 Å². The monoisotopic (exact) mass is 335 g/mol. The van der Waals surface area contributed by atoms with Crippen molar-refractivity contribution in [3.63, 3.8) is 0 Å². The van der Waals surface area contributed by atoms with Crippen molar-refractivity contribution in [2.75, 3.05) is 19.0 Å². The lowest BCUT2D eigenvalue weighted by Gasteiger charge is -2.18. The molecule has 0 amide bonds. The number of rotatable bonds is 5. The smallest absolute Gasteiger partial charge is 0.164 e. The van der Waals surface area contributed by atoms with Crippen LogP contribution in [0, 0.1) is 6.92 Å². The molecule has 0 fully saturated rings. The molecule has 2 rings (SSSR count). The maximum absolute atomic E-state index is 5.84. The lowest BCUT2D eigenvalue weighted by Crippen LogP contribution is -2.13. The number of hydrogen-bond acceptors (Lipinski definition) is 4. The number of benzene rings is 1. The molecule has 0 aliphatic carbocycles. The second kappa shape index (κ2) is 6.81. The van der Waals surface area contributed by atoms with Crippen molar-refractivity contribution in [3.8, 4) is 0 Å². The Labute approximate surface area is 127 Å². The molecule has 20 heavy (non-hydrogen) atoms. The quantitative estimate of drug-likeness (QED) is 0.904. The molecular formula is C15H18BrN3O. The van der Waals surface area contributed by atoms with Crippen molar-refractivity contribution in [2.24, 2.45) is 0 Å². The van der Waals surface area contributed by atoms with Gasteiger partial charge in [-0.25, -0.2) is 9.97 Å². The molecule has 0 radical (unpaired) electrons. The maximum atomic E-state index is 5.84. The number of aromatic nitrogens is 2. The van der Waals surface area contributed by atoms with Gasteiger partial charge in [-0.2, -0.15) is 0 Å². The van der Waals surface area contributed by atoms with Gasteiger partial charge in [0, 0.05) is 13.7 Å². The van der Waals surface area contributed by atoms with Crippen molar-refractivity contribution in [3.05, 3.63) is 51.9 Å². The van der Waals surface area contributed by atoms with Crippen molar-refractivity contribution < 1.29 is 4.74 Å². The van der Waals surface area contributed by atoms with E-state index in [2.05, 4.69) is 31.2 Å². The van der Waals surface area contributed by atoms with Crippen LogP contribution >= 0.6 is 15.9 Å². The van der Waals surface area contributed by atoms with Crippen LogP contribution in [0.3, 0.4) is 0 Å². The molecule has 1 atom stereocenters. The normalized spacial score (nSPS) is 12.2. The number of aryl methyl sites for hydroxylation is 1. The van der Waals surface area contributed by atoms with E-state index in [0.29, 0.717) is 12.4 Å². The van der Waals surface area contributed by atoms with Gasteiger partial charge in [-0.1, -0.05) is 30.3 Å². The molecule has 106 valence electrons. The van der Waals surface area contributed by atoms with E-state index in [9.17, 15) is 0 Å². The Balaban J connectivity index is 2.47. The summed E-state index contributed by atoms with van der Waals surface area (Å²) in [6.07, 6.45) is -0.250. The molecule has 1 aromatic carbocycles. The lowest BCUT2D eigenvalue weighted by molar-refractivity contribution is 0.0851. The summed E-state index contributed by atoms with van der Waals surface area (Å²) in [6, 6.07) is 10.0. The van der Waals surface area contributed by atoms with E-state index in [0.717, 1.165) is 21.5 Å². The fourth-order valence-electron chi connectivity index (χ4n) is 1.98. The summed E-state index contributed by atoms with van der Waals surface area (Å²) in [7, 11) is 1.84. The summed E-state index contributed by atoms with van der Waals surface area (Å²) < 4.78 is 6.72. The van der Waals surface area contributed by atoms with Crippen LogP contribution in [0.2, 0.25) is 0 Å². The maximum Gasteiger partial charge on any atom is 0.164 e. The van der Waals surface area contributed by atoms with Gasteiger partial charge < -0.3 is 10.1 Å². The van der Waals surface area contributed by atoms with E-state index in [1.807, 2.05) is 51.2 Å². The summed E-state index contributed by atoms with van der Waals surface area (Å²) in [5.74, 6) is 1.44. The first kappa shape index (κ1) is 14.9. The zero-order valence-corrected chi connectivity index (χ0v) is 13.4. The van der Waals surface area contributed by atoms with Crippen LogP contribution in [0.25, 0.3) is 0 Å². The number of halogens is 1. The first-order valence-corrected chi connectivity index (χ1v) is 7.35. The zero-order chi connectivity index (χ0) is 14.5. The SMILES string of the molecule is CCOC(c1ccccc1)c1nc(C)c(Br)c(NC)n1. The summed E-state index contributed by atoms with van der Waals surface area (Å²) in [6.45, 7) is 4.53. The molecule has 0 bridgehead atoms. The number of nitrogens with zero attached hydrogens (tertiary/aromatic N) is 2. The van der Waals surface area contributed by atoms with Gasteiger partial charge in [0.05, 0.1) is 10.2 Å². The van der Waals surface area contributed by atoms with Gasteiger partial charge in [0.1, 0.15) is 11.9 Å². The van der Waals surface area contributed by atoms with Crippen LogP contribution in [-0.2, 0) is 4.74 Å². The minimum Gasteiger partial charge on any atom is -0.372 e. The third-order valence-corrected chi connectivity index (χ3v) is 3.89. The Morgan fingerprint density at radius 2 is 1.95 bits per heavy atom. The average Bonchev–Trinajstić information content (AvgIpc) is 2.48. The number of anilines is 1. The zero-order valence-electron chi connectivity index (χ0n) is 11.9. The number of nitrogens with one attached hydrogen (secondary N) is 1. The molecule has 0 spiro atoms. The third-order valence-electron chi connectivity index (χ3n) is 2.94. The predicted octanol–water partition coefficient (Wildman–Crippen LogP) is 3.72. The van der Waals surface area contributed by atoms with Crippen molar-refractivity contribution >= 4 is 21.7 Å². The summed E-state index contributed by atoms with van der Waals surface area (Å²) >= 11 is 3.49. The molecule has 0 aliphatic rings. The minimum atomic E-state index is -0.250. The number of ether oxygens (including phenoxy) is 1. The van der Waals surface area contributed by atoms with Gasteiger partial charge in [0.2, 0.25) is 0 Å². The molecule has 5 heteroatoms. The van der Waals surface area contributed by atoms with Crippen molar-refractivity contribution in [1.82, 2.24) is 9.97 Å². The van der Waals surface area contributed by atoms with Crippen LogP contribution in [0.5, 0.6) is 0 Å². The Bertz CT molecular complexity index is 575. The van der Waals surface area contributed by atoms with Gasteiger partial charge in [-0.15, -0.1) is 0 Å². The van der Waals surface area contributed by atoms with E-state index < -0.39 is 0 Å². The van der Waals surface area contributed by atoms with E-state index >= 15 is 0 Å². The standard InChI is InChI=1S/C15H18BrN3O/c1-4-20-13(11-8-6-5-7-9-11)15-18-10(2)12(16)14(17-3)19-15/h5-9,13H,4H2,1-3H3,(H,17,18,19). The molecule has 0 saturated carbocycles. The molecule has 1 heterocycles. The van der Waals surface area contributed by atoms with Crippen LogP contribution in [-0.4, -0.2) is 23.6 Å². The van der Waals surface area contributed by atoms with Crippen molar-refractivity contribution in [2.45, 2.75) is 20.0 Å². The topological polar surface area (TPSA) is 47.0 Å². The van der Waals surface area contributed by atoms with Gasteiger partial charge in [-0.3, -0.25) is 0 Å². The van der Waals surface area contributed by atoms with Crippen LogP contribution in [0.4, 0.5) is 5.82 Å². The Morgan fingerprint density at radius 3 is 2.55 bits per heavy atom. The molecule has 4 nitrogen and oxygen atoms in total. The fraction of sp³-hybridized carbons (Fsp3) is 0.333. The van der Waals surface area contributed by atoms with Gasteiger partial charge in [0.25, 0.3) is 0 Å². The number of hydrogen-bond donors (Lipinski definition) is 1. The van der Waals surface area contributed by atoms with Crippen molar-refractivity contribution in [1.29, 1.82) is 0 Å². The molecule has 0 saturated heterocycles. The van der Waals surface area contributed by atoms with E-state index in [4.69, 9.17) is 4.74 Å². The molecule has 1 unspecified atom stereocenters. The molecule has 0 aliphatic heterocycles. The minimum absolute atomic E-state index is 0.250. The van der Waals surface area contributed by atoms with Crippen LogP contribution in [0.1, 0.15) is 30.1 Å². The Morgan fingerprint density at radius 1 is 1.25 bits per heavy atom. The highest BCUT2D eigenvalue weighted by Gasteiger charge is 2.19. The van der Waals surface area contributed by atoms with E-state index in [-0.39, 0.29) is 6.10 Å². The third kappa shape index (κ3) is 3.16. The van der Waals surface area contributed by atoms with Gasteiger partial charge in [-0.05, 0) is 35.3 Å². The molecule has 2 aromatic rings. The van der Waals surface area contributed by atoms with Gasteiger partial charge in [0.15, 0.2) is 5.82 Å². The second-order valence-electron chi connectivity index (χ2n) is 4.33. The molecule has 1 N–H and O–H groups in total. The average molecular weight is 336 g/mol. The second-order valence-corrected chi connectivity index (χ2v) is 5.12. The first-order valence-electron chi connectivity index (χ1n) is 6.55. The highest BCUT2D eigenvalue weighted by Crippen LogP contribution is 2.28. The van der Waals surface area contributed by atoms with E-state index in [1.54, 1.807) is 0 Å². The van der Waals surface area contributed by atoms with Crippen LogP contribution < -0.4 is 5.32 Å². The Kier molecular flexibility index (Phi) is 5.09. The first-order chi connectivity index (χ1) is 9.67. The highest BCUT2D eigenvalue weighted by molar-refractivity contribution is 9.10. The largest absolute Gasteiger partial charge is 0.372 e. The fourth-order valence-corrected chi connectivity index (χ4v) is 2.35. The molecular weight excluding hydrogens is 318 g/mol. The summed E-state index contributed by atoms with van der Waals surface area (Å²) in [4.78, 5) is 9.11. The van der Waals surface area contributed by atoms with Crippen LogP contribution in [0.15, 0.2) is 34.8 Å². The van der Waals surface area contributed by atoms with E-state index in [1.165, 1.54) is 0 Å². The summed E-state index contributed by atoms with van der Waals surface area (Å²) in [5, 5.41) is 3.07. The molecule has 1 aromatic heterocycles. The predicted molar refractivity (Wildman–Crippen MR) is 83.9 cm³/mol. The highest BCUT2D eigenvalue weighted by atomic mass is 79.9.